The highest BCUT2D eigenvalue weighted by atomic mass is 32.1. The quantitative estimate of drug-likeness (QED) is 0.884. The molecule has 1 fully saturated rings. The van der Waals surface area contributed by atoms with Gasteiger partial charge in [-0.2, -0.15) is 0 Å². The zero-order chi connectivity index (χ0) is 11.7. The lowest BCUT2D eigenvalue weighted by atomic mass is 10.1. The molecule has 0 unspecified atom stereocenters. The predicted molar refractivity (Wildman–Crippen MR) is 73.4 cm³/mol. The van der Waals surface area contributed by atoms with Gasteiger partial charge in [0.25, 0.3) is 0 Å². The van der Waals surface area contributed by atoms with E-state index in [0.717, 1.165) is 11.3 Å². The Labute approximate surface area is 105 Å². The van der Waals surface area contributed by atoms with E-state index in [-0.39, 0.29) is 0 Å². The molecule has 1 aromatic heterocycles. The van der Waals surface area contributed by atoms with Gasteiger partial charge in [-0.15, -0.1) is 11.3 Å². The number of hydrogen-bond acceptors (Lipinski definition) is 4. The molecule has 1 saturated heterocycles. The van der Waals surface area contributed by atoms with Crippen LogP contribution in [0.2, 0.25) is 0 Å². The lowest BCUT2D eigenvalue weighted by Crippen LogP contribution is -2.17. The van der Waals surface area contributed by atoms with Crippen molar-refractivity contribution >= 4 is 22.2 Å². The number of aromatic nitrogens is 1. The Balaban J connectivity index is 1.84. The van der Waals surface area contributed by atoms with Gasteiger partial charge in [0.1, 0.15) is 0 Å². The second-order valence-electron chi connectivity index (χ2n) is 4.31. The van der Waals surface area contributed by atoms with Crippen molar-refractivity contribution in [2.24, 2.45) is 0 Å². The van der Waals surface area contributed by atoms with Crippen molar-refractivity contribution in [3.63, 3.8) is 0 Å². The van der Waals surface area contributed by atoms with Gasteiger partial charge in [-0.1, -0.05) is 12.1 Å². The SMILES string of the molecule is Nc1nc(-c2ccc(N3CCCC3)cc2)cs1. The highest BCUT2D eigenvalue weighted by molar-refractivity contribution is 7.13. The summed E-state index contributed by atoms with van der Waals surface area (Å²) >= 11 is 1.48. The molecule has 4 heteroatoms. The van der Waals surface area contributed by atoms with E-state index in [2.05, 4.69) is 34.1 Å². The van der Waals surface area contributed by atoms with Gasteiger partial charge >= 0.3 is 0 Å². The molecule has 2 aromatic rings. The molecule has 0 atom stereocenters. The van der Waals surface area contributed by atoms with E-state index in [1.165, 1.54) is 43.0 Å². The molecule has 1 aromatic carbocycles. The number of nitrogen functional groups attached to an aromatic ring is 1. The number of nitrogens with zero attached hydrogens (tertiary/aromatic N) is 2. The molecule has 3 rings (SSSR count). The van der Waals surface area contributed by atoms with Crippen molar-refractivity contribution in [1.29, 1.82) is 0 Å². The number of benzene rings is 1. The predicted octanol–water partition coefficient (Wildman–Crippen LogP) is 2.99. The summed E-state index contributed by atoms with van der Waals surface area (Å²) < 4.78 is 0. The van der Waals surface area contributed by atoms with Crippen LogP contribution in [0.25, 0.3) is 11.3 Å². The topological polar surface area (TPSA) is 42.1 Å². The Morgan fingerprint density at radius 2 is 1.82 bits per heavy atom. The van der Waals surface area contributed by atoms with Crippen molar-refractivity contribution in [3.8, 4) is 11.3 Å². The van der Waals surface area contributed by atoms with Crippen molar-refractivity contribution in [2.45, 2.75) is 12.8 Å². The number of nitrogens with two attached hydrogens (primary N) is 1. The molecule has 0 bridgehead atoms. The molecule has 1 aliphatic rings. The van der Waals surface area contributed by atoms with Crippen molar-refractivity contribution < 1.29 is 0 Å². The summed E-state index contributed by atoms with van der Waals surface area (Å²) in [5.74, 6) is 0. The minimum Gasteiger partial charge on any atom is -0.375 e. The Morgan fingerprint density at radius 3 is 2.41 bits per heavy atom. The average molecular weight is 245 g/mol. The zero-order valence-corrected chi connectivity index (χ0v) is 10.4. The summed E-state index contributed by atoms with van der Waals surface area (Å²) in [5.41, 5.74) is 9.07. The van der Waals surface area contributed by atoms with E-state index in [1.54, 1.807) is 0 Å². The standard InChI is InChI=1S/C13H15N3S/c14-13-15-12(9-17-13)10-3-5-11(6-4-10)16-7-1-2-8-16/h3-6,9H,1-2,7-8H2,(H2,14,15). The summed E-state index contributed by atoms with van der Waals surface area (Å²) in [7, 11) is 0. The van der Waals surface area contributed by atoms with Crippen LogP contribution in [0.5, 0.6) is 0 Å². The second-order valence-corrected chi connectivity index (χ2v) is 5.20. The monoisotopic (exact) mass is 245 g/mol. The van der Waals surface area contributed by atoms with Crippen molar-refractivity contribution in [3.05, 3.63) is 29.6 Å². The fraction of sp³-hybridized carbons (Fsp3) is 0.308. The fourth-order valence-corrected chi connectivity index (χ4v) is 2.81. The first-order chi connectivity index (χ1) is 8.33. The summed E-state index contributed by atoms with van der Waals surface area (Å²) in [6, 6.07) is 8.61. The van der Waals surface area contributed by atoms with Gasteiger partial charge in [-0.25, -0.2) is 4.98 Å². The third kappa shape index (κ3) is 2.13. The molecule has 0 saturated carbocycles. The molecule has 17 heavy (non-hydrogen) atoms. The molecule has 3 nitrogen and oxygen atoms in total. The number of anilines is 2. The smallest absolute Gasteiger partial charge is 0.180 e. The Hall–Kier alpha value is -1.55. The molecule has 0 amide bonds. The number of rotatable bonds is 2. The summed E-state index contributed by atoms with van der Waals surface area (Å²) in [5, 5.41) is 2.63. The van der Waals surface area contributed by atoms with E-state index in [1.807, 2.05) is 5.38 Å². The molecule has 2 heterocycles. The van der Waals surface area contributed by atoms with Crippen LogP contribution in [0.4, 0.5) is 10.8 Å². The van der Waals surface area contributed by atoms with Crippen LogP contribution >= 0.6 is 11.3 Å². The largest absolute Gasteiger partial charge is 0.375 e. The summed E-state index contributed by atoms with van der Waals surface area (Å²) in [4.78, 5) is 6.72. The minimum atomic E-state index is 0.628. The van der Waals surface area contributed by atoms with Crippen LogP contribution in [-0.2, 0) is 0 Å². The third-order valence-electron chi connectivity index (χ3n) is 3.16. The van der Waals surface area contributed by atoms with E-state index >= 15 is 0 Å². The van der Waals surface area contributed by atoms with E-state index in [4.69, 9.17) is 5.73 Å². The average Bonchev–Trinajstić information content (AvgIpc) is 3.00. The van der Waals surface area contributed by atoms with Gasteiger partial charge in [0.2, 0.25) is 0 Å². The first-order valence-electron chi connectivity index (χ1n) is 5.89. The maximum Gasteiger partial charge on any atom is 0.180 e. The van der Waals surface area contributed by atoms with Crippen molar-refractivity contribution in [1.82, 2.24) is 4.98 Å². The molecular weight excluding hydrogens is 230 g/mol. The molecule has 0 spiro atoms. The first kappa shape index (κ1) is 10.6. The van der Waals surface area contributed by atoms with Gasteiger partial charge in [0.05, 0.1) is 5.69 Å². The lowest BCUT2D eigenvalue weighted by Gasteiger charge is -2.17. The highest BCUT2D eigenvalue weighted by Crippen LogP contribution is 2.26. The first-order valence-corrected chi connectivity index (χ1v) is 6.77. The van der Waals surface area contributed by atoms with Gasteiger partial charge in [-0.05, 0) is 25.0 Å². The van der Waals surface area contributed by atoms with Gasteiger partial charge < -0.3 is 10.6 Å². The van der Waals surface area contributed by atoms with Crippen LogP contribution in [-0.4, -0.2) is 18.1 Å². The molecular formula is C13H15N3S. The maximum atomic E-state index is 5.64. The molecule has 1 aliphatic heterocycles. The van der Waals surface area contributed by atoms with E-state index < -0.39 is 0 Å². The summed E-state index contributed by atoms with van der Waals surface area (Å²) in [6.45, 7) is 2.37. The second kappa shape index (κ2) is 4.37. The Bertz CT molecular complexity index is 498. The fourth-order valence-electron chi connectivity index (χ4n) is 2.24. The van der Waals surface area contributed by atoms with Crippen LogP contribution in [0.15, 0.2) is 29.6 Å². The Kier molecular flexibility index (Phi) is 2.73. The van der Waals surface area contributed by atoms with Crippen LogP contribution in [0, 0.1) is 0 Å². The zero-order valence-electron chi connectivity index (χ0n) is 9.60. The van der Waals surface area contributed by atoms with E-state index in [0.29, 0.717) is 5.13 Å². The van der Waals surface area contributed by atoms with Crippen LogP contribution < -0.4 is 10.6 Å². The lowest BCUT2D eigenvalue weighted by molar-refractivity contribution is 0.949. The Morgan fingerprint density at radius 1 is 1.12 bits per heavy atom. The van der Waals surface area contributed by atoms with Crippen LogP contribution in [0.1, 0.15) is 12.8 Å². The molecule has 0 radical (unpaired) electrons. The number of thiazole rings is 1. The minimum absolute atomic E-state index is 0.628. The maximum absolute atomic E-state index is 5.64. The molecule has 2 N–H and O–H groups in total. The normalized spacial score (nSPS) is 15.4. The molecule has 88 valence electrons. The molecule has 0 aliphatic carbocycles. The van der Waals surface area contributed by atoms with Gasteiger partial charge in [0, 0.05) is 29.7 Å². The van der Waals surface area contributed by atoms with Gasteiger partial charge in [0.15, 0.2) is 5.13 Å². The van der Waals surface area contributed by atoms with E-state index in [9.17, 15) is 0 Å². The van der Waals surface area contributed by atoms with Crippen LogP contribution in [0.3, 0.4) is 0 Å². The summed E-state index contributed by atoms with van der Waals surface area (Å²) in [6.07, 6.45) is 2.62. The van der Waals surface area contributed by atoms with Crippen molar-refractivity contribution in [2.75, 3.05) is 23.7 Å². The number of hydrogen-bond donors (Lipinski definition) is 1. The highest BCUT2D eigenvalue weighted by Gasteiger charge is 2.12. The third-order valence-corrected chi connectivity index (χ3v) is 3.83. The van der Waals surface area contributed by atoms with Gasteiger partial charge in [-0.3, -0.25) is 0 Å².